The van der Waals surface area contributed by atoms with Crippen LogP contribution in [0, 0.1) is 0 Å². The number of benzene rings is 1. The van der Waals surface area contributed by atoms with Crippen LogP contribution in [0.5, 0.6) is 0 Å². The van der Waals surface area contributed by atoms with Crippen molar-refractivity contribution in [1.82, 2.24) is 19.5 Å². The summed E-state index contributed by atoms with van der Waals surface area (Å²) in [7, 11) is 0. The molecule has 1 aliphatic heterocycles. The molecule has 1 aliphatic rings. The van der Waals surface area contributed by atoms with Gasteiger partial charge in [-0.25, -0.2) is 19.3 Å². The first-order chi connectivity index (χ1) is 14.3. The minimum atomic E-state index is -4.86. The number of ether oxygens (including phenoxy) is 1. The molecule has 8 nitrogen and oxygen atoms in total. The second-order valence-corrected chi connectivity index (χ2v) is 6.74. The van der Waals surface area contributed by atoms with Gasteiger partial charge in [-0.15, -0.1) is 0 Å². The van der Waals surface area contributed by atoms with E-state index in [-0.39, 0.29) is 23.5 Å². The van der Waals surface area contributed by atoms with Crippen LogP contribution in [0.2, 0.25) is 0 Å². The van der Waals surface area contributed by atoms with Gasteiger partial charge in [0, 0.05) is 6.54 Å². The minimum Gasteiger partial charge on any atom is -0.394 e. The van der Waals surface area contributed by atoms with E-state index >= 15 is 0 Å². The lowest BCUT2D eigenvalue weighted by atomic mass is 10.1. The molecule has 1 aromatic carbocycles. The number of hydrogen-bond donors (Lipinski definition) is 3. The molecule has 4 atom stereocenters. The Hall–Kier alpha value is -2.83. The van der Waals surface area contributed by atoms with Crippen molar-refractivity contribution < 1.29 is 32.5 Å². The van der Waals surface area contributed by atoms with Gasteiger partial charge in [0.25, 0.3) is 0 Å². The number of alkyl halides is 4. The van der Waals surface area contributed by atoms with E-state index in [9.17, 15) is 27.8 Å². The summed E-state index contributed by atoms with van der Waals surface area (Å²) in [5.41, 5.74) is 0.470. The van der Waals surface area contributed by atoms with Crippen molar-refractivity contribution in [2.45, 2.75) is 37.3 Å². The molecule has 1 saturated heterocycles. The third kappa shape index (κ3) is 3.68. The van der Waals surface area contributed by atoms with Crippen molar-refractivity contribution in [1.29, 1.82) is 0 Å². The van der Waals surface area contributed by atoms with Gasteiger partial charge >= 0.3 is 6.18 Å². The molecule has 0 bridgehead atoms. The van der Waals surface area contributed by atoms with Gasteiger partial charge in [0.05, 0.1) is 12.9 Å². The number of nitrogens with one attached hydrogen (secondary N) is 1. The summed E-state index contributed by atoms with van der Waals surface area (Å²) in [4.78, 5) is 11.1. The quantitative estimate of drug-likeness (QED) is 0.535. The highest BCUT2D eigenvalue weighted by molar-refractivity contribution is 5.83. The Morgan fingerprint density at radius 1 is 1.17 bits per heavy atom. The molecule has 30 heavy (non-hydrogen) atoms. The summed E-state index contributed by atoms with van der Waals surface area (Å²) in [6, 6.07) is 8.93. The van der Waals surface area contributed by atoms with Gasteiger partial charge in [-0.1, -0.05) is 30.3 Å². The average Bonchev–Trinajstić information content (AvgIpc) is 3.27. The molecule has 3 N–H and O–H groups in total. The summed E-state index contributed by atoms with van der Waals surface area (Å²) < 4.78 is 60.8. The molecule has 3 heterocycles. The van der Waals surface area contributed by atoms with Crippen LogP contribution in [-0.4, -0.2) is 54.7 Å². The van der Waals surface area contributed by atoms with Gasteiger partial charge in [-0.3, -0.25) is 4.57 Å². The maximum absolute atomic E-state index is 14.5. The topological polar surface area (TPSA) is 105 Å². The summed E-state index contributed by atoms with van der Waals surface area (Å²) in [6.45, 7) is -0.481. The lowest BCUT2D eigenvalue weighted by Gasteiger charge is -2.16. The summed E-state index contributed by atoms with van der Waals surface area (Å²) in [6.07, 6.45) is -10.1. The highest BCUT2D eigenvalue weighted by Gasteiger charge is 2.46. The van der Waals surface area contributed by atoms with Gasteiger partial charge in [-0.05, 0) is 5.56 Å². The molecule has 0 amide bonds. The van der Waals surface area contributed by atoms with E-state index in [0.717, 1.165) is 16.5 Å². The minimum absolute atomic E-state index is 0.0170. The lowest BCUT2D eigenvalue weighted by Crippen LogP contribution is -2.30. The molecular weight excluding hydrogens is 410 g/mol. The fourth-order valence-electron chi connectivity index (χ4n) is 3.21. The highest BCUT2D eigenvalue weighted by Crippen LogP contribution is 2.36. The molecule has 0 aliphatic carbocycles. The van der Waals surface area contributed by atoms with Crippen LogP contribution in [0.1, 0.15) is 17.6 Å². The fourth-order valence-corrected chi connectivity index (χ4v) is 3.21. The van der Waals surface area contributed by atoms with Gasteiger partial charge < -0.3 is 20.3 Å². The number of imidazole rings is 1. The van der Waals surface area contributed by atoms with Crippen LogP contribution in [0.25, 0.3) is 11.2 Å². The first-order valence-electron chi connectivity index (χ1n) is 8.97. The van der Waals surface area contributed by atoms with Crippen LogP contribution in [0.4, 0.5) is 23.4 Å². The maximum Gasteiger partial charge on any atom is 0.451 e. The van der Waals surface area contributed by atoms with E-state index in [0.29, 0.717) is 0 Å². The normalized spacial score (nSPS) is 24.5. The SMILES string of the molecule is OC[C@H]1O[C@@H](n2cnc3c(NCc4ccccc4)nc(C(F)(F)F)nc32)[C@@H](F)[C@@H]1O. The van der Waals surface area contributed by atoms with Crippen molar-refractivity contribution >= 4 is 17.0 Å². The van der Waals surface area contributed by atoms with E-state index in [1.165, 1.54) is 0 Å². The molecule has 160 valence electrons. The summed E-state index contributed by atoms with van der Waals surface area (Å²) >= 11 is 0. The number of rotatable bonds is 5. The second-order valence-electron chi connectivity index (χ2n) is 6.74. The first-order valence-corrected chi connectivity index (χ1v) is 8.97. The number of aliphatic hydroxyl groups is 2. The molecule has 0 radical (unpaired) electrons. The largest absolute Gasteiger partial charge is 0.451 e. The van der Waals surface area contributed by atoms with Crippen molar-refractivity contribution in [3.63, 3.8) is 0 Å². The van der Waals surface area contributed by atoms with Gasteiger partial charge in [0.1, 0.15) is 12.2 Å². The molecule has 4 rings (SSSR count). The average molecular weight is 427 g/mol. The molecule has 12 heteroatoms. The molecule has 3 aromatic rings. The monoisotopic (exact) mass is 427 g/mol. The van der Waals surface area contributed by atoms with E-state index in [2.05, 4.69) is 20.3 Å². The molecule has 0 spiro atoms. The van der Waals surface area contributed by atoms with Crippen molar-refractivity contribution in [2.75, 3.05) is 11.9 Å². The Kier molecular flexibility index (Phi) is 5.30. The number of hydrogen-bond acceptors (Lipinski definition) is 7. The van der Waals surface area contributed by atoms with Gasteiger partial charge in [-0.2, -0.15) is 13.2 Å². The van der Waals surface area contributed by atoms with Crippen LogP contribution in [0.15, 0.2) is 36.7 Å². The van der Waals surface area contributed by atoms with Gasteiger partial charge in [0.2, 0.25) is 5.82 Å². The number of aliphatic hydroxyl groups excluding tert-OH is 2. The zero-order valence-corrected chi connectivity index (χ0v) is 15.3. The lowest BCUT2D eigenvalue weighted by molar-refractivity contribution is -0.144. The second kappa shape index (κ2) is 7.78. The third-order valence-corrected chi connectivity index (χ3v) is 4.73. The zero-order chi connectivity index (χ0) is 21.5. The van der Waals surface area contributed by atoms with Crippen molar-refractivity contribution in [2.24, 2.45) is 0 Å². The highest BCUT2D eigenvalue weighted by atomic mass is 19.4. The van der Waals surface area contributed by atoms with Crippen LogP contribution in [0.3, 0.4) is 0 Å². The zero-order valence-electron chi connectivity index (χ0n) is 15.3. The van der Waals surface area contributed by atoms with Gasteiger partial charge in [0.15, 0.2) is 29.4 Å². The van der Waals surface area contributed by atoms with Crippen LogP contribution < -0.4 is 5.32 Å². The van der Waals surface area contributed by atoms with Crippen LogP contribution in [-0.2, 0) is 17.5 Å². The number of fused-ring (bicyclic) bond motifs is 1. The molecular formula is C18H17F4N5O3. The predicted molar refractivity (Wildman–Crippen MR) is 96.0 cm³/mol. The van der Waals surface area contributed by atoms with E-state index in [4.69, 9.17) is 4.74 Å². The Morgan fingerprint density at radius 3 is 2.53 bits per heavy atom. The fraction of sp³-hybridized carbons (Fsp3) is 0.389. The Morgan fingerprint density at radius 2 is 1.90 bits per heavy atom. The van der Waals surface area contributed by atoms with Crippen LogP contribution >= 0.6 is 0 Å². The smallest absolute Gasteiger partial charge is 0.394 e. The Labute approximate surface area is 167 Å². The predicted octanol–water partition coefficient (Wildman–Crippen LogP) is 2.05. The Bertz CT molecular complexity index is 1030. The standard InChI is InChI=1S/C18H17F4N5O3/c19-11-13(29)10(7-28)30-16(11)27-8-24-12-14(23-6-9-4-2-1-3-5-9)25-17(18(20,21)22)26-15(12)27/h1-5,8,10-11,13,16,28-29H,6-7H2,(H,23,25,26)/t10-,11+,13-,16-/m1/s1. The van der Waals surface area contributed by atoms with E-state index < -0.39 is 43.2 Å². The number of aromatic nitrogens is 4. The molecule has 0 saturated carbocycles. The number of nitrogens with zero attached hydrogens (tertiary/aromatic N) is 4. The van der Waals surface area contributed by atoms with Crippen molar-refractivity contribution in [3.05, 3.63) is 48.0 Å². The molecule has 0 unspecified atom stereocenters. The first kappa shape index (κ1) is 20.4. The summed E-state index contributed by atoms with van der Waals surface area (Å²) in [5, 5.41) is 21.8. The van der Waals surface area contributed by atoms with E-state index in [1.807, 2.05) is 0 Å². The number of anilines is 1. The summed E-state index contributed by atoms with van der Waals surface area (Å²) in [5.74, 6) is -1.61. The number of halogens is 4. The molecule has 2 aromatic heterocycles. The maximum atomic E-state index is 14.5. The van der Waals surface area contributed by atoms with E-state index in [1.54, 1.807) is 30.3 Å². The van der Waals surface area contributed by atoms with Crippen molar-refractivity contribution in [3.8, 4) is 0 Å². The molecule has 1 fully saturated rings. The Balaban J connectivity index is 1.75. The third-order valence-electron chi connectivity index (χ3n) is 4.73.